The highest BCUT2D eigenvalue weighted by Gasteiger charge is 2.35. The SMILES string of the molecule is COc1ccccc1Cc1nc([C@H]2C[C@@H](N)[C@H](O)C2)n(-c2ccc3c(c2)OCCO3)n1.Cl. The quantitative estimate of drug-likeness (QED) is 0.605. The van der Waals surface area contributed by atoms with Crippen molar-refractivity contribution < 1.29 is 19.3 Å². The molecular weight excluding hydrogens is 432 g/mol. The number of nitrogens with zero attached hydrogens (tertiary/aromatic N) is 3. The number of ether oxygens (including phenoxy) is 3. The Kier molecular flexibility index (Phi) is 6.55. The fourth-order valence-corrected chi connectivity index (χ4v) is 4.34. The highest BCUT2D eigenvalue weighted by atomic mass is 35.5. The third-order valence-electron chi connectivity index (χ3n) is 5.93. The van der Waals surface area contributed by atoms with Crippen molar-refractivity contribution in [1.29, 1.82) is 0 Å². The lowest BCUT2D eigenvalue weighted by Gasteiger charge is -2.19. The van der Waals surface area contributed by atoms with Crippen LogP contribution in [0.25, 0.3) is 5.69 Å². The minimum absolute atomic E-state index is 0. The molecule has 0 saturated heterocycles. The Morgan fingerprint density at radius 3 is 2.66 bits per heavy atom. The average Bonchev–Trinajstić information content (AvgIpc) is 3.36. The second-order valence-corrected chi connectivity index (χ2v) is 8.01. The number of halogens is 1. The molecule has 0 spiro atoms. The van der Waals surface area contributed by atoms with Crippen LogP contribution in [0.5, 0.6) is 17.2 Å². The van der Waals surface area contributed by atoms with Crippen LogP contribution in [0.1, 0.15) is 36.0 Å². The maximum Gasteiger partial charge on any atom is 0.163 e. The van der Waals surface area contributed by atoms with E-state index >= 15 is 0 Å². The molecule has 9 heteroatoms. The summed E-state index contributed by atoms with van der Waals surface area (Å²) in [6, 6.07) is 13.4. The fourth-order valence-electron chi connectivity index (χ4n) is 4.34. The van der Waals surface area contributed by atoms with Gasteiger partial charge in [0.25, 0.3) is 0 Å². The van der Waals surface area contributed by atoms with Crippen LogP contribution in [0, 0.1) is 0 Å². The van der Waals surface area contributed by atoms with Crippen molar-refractivity contribution in [3.05, 3.63) is 59.7 Å². The zero-order chi connectivity index (χ0) is 21.4. The topological polar surface area (TPSA) is 105 Å². The van der Waals surface area contributed by atoms with Crippen LogP contribution in [-0.2, 0) is 6.42 Å². The van der Waals surface area contributed by atoms with Crippen molar-refractivity contribution >= 4 is 12.4 Å². The minimum atomic E-state index is -0.534. The molecule has 1 fully saturated rings. The molecule has 1 aromatic heterocycles. The number of rotatable bonds is 5. The number of nitrogens with two attached hydrogens (primary N) is 1. The first-order chi connectivity index (χ1) is 15.1. The van der Waals surface area contributed by atoms with Crippen molar-refractivity contribution in [3.63, 3.8) is 0 Å². The summed E-state index contributed by atoms with van der Waals surface area (Å²) in [5.41, 5.74) is 7.95. The average molecular weight is 459 g/mol. The van der Waals surface area contributed by atoms with E-state index in [2.05, 4.69) is 0 Å². The number of aliphatic hydroxyl groups is 1. The van der Waals surface area contributed by atoms with Gasteiger partial charge in [0.05, 0.1) is 18.9 Å². The van der Waals surface area contributed by atoms with Crippen molar-refractivity contribution in [3.8, 4) is 22.9 Å². The summed E-state index contributed by atoms with van der Waals surface area (Å²) in [6.45, 7) is 1.06. The summed E-state index contributed by atoms with van der Waals surface area (Å²) in [5, 5.41) is 15.0. The number of hydrogen-bond donors (Lipinski definition) is 2. The fraction of sp³-hybridized carbons (Fsp3) is 0.391. The number of hydrogen-bond acceptors (Lipinski definition) is 7. The molecular formula is C23H27ClN4O4. The van der Waals surface area contributed by atoms with Gasteiger partial charge in [0.1, 0.15) is 24.8 Å². The van der Waals surface area contributed by atoms with Crippen LogP contribution >= 0.6 is 12.4 Å². The Bertz CT molecular complexity index is 1080. The van der Waals surface area contributed by atoms with E-state index in [1.807, 2.05) is 47.1 Å². The van der Waals surface area contributed by atoms with Gasteiger partial charge < -0.3 is 25.1 Å². The summed E-state index contributed by atoms with van der Waals surface area (Å²) < 4.78 is 18.7. The van der Waals surface area contributed by atoms with Crippen LogP contribution in [0.2, 0.25) is 0 Å². The lowest BCUT2D eigenvalue weighted by atomic mass is 10.1. The Hall–Kier alpha value is -2.81. The molecule has 5 rings (SSSR count). The van der Waals surface area contributed by atoms with E-state index in [9.17, 15) is 5.11 Å². The second kappa shape index (κ2) is 9.36. The first-order valence-corrected chi connectivity index (χ1v) is 10.5. The van der Waals surface area contributed by atoms with Gasteiger partial charge >= 0.3 is 0 Å². The summed E-state index contributed by atoms with van der Waals surface area (Å²) in [7, 11) is 1.66. The lowest BCUT2D eigenvalue weighted by molar-refractivity contribution is 0.163. The van der Waals surface area contributed by atoms with E-state index in [0.29, 0.717) is 44.1 Å². The lowest BCUT2D eigenvalue weighted by Crippen LogP contribution is -2.28. The van der Waals surface area contributed by atoms with Gasteiger partial charge in [-0.25, -0.2) is 9.67 Å². The van der Waals surface area contributed by atoms with Gasteiger partial charge in [0, 0.05) is 30.0 Å². The maximum atomic E-state index is 10.2. The minimum Gasteiger partial charge on any atom is -0.496 e. The molecule has 3 N–H and O–H groups in total. The summed E-state index contributed by atoms with van der Waals surface area (Å²) >= 11 is 0. The van der Waals surface area contributed by atoms with Crippen molar-refractivity contribution in [1.82, 2.24) is 14.8 Å². The number of para-hydroxylation sites is 1. The molecule has 0 bridgehead atoms. The molecule has 2 heterocycles. The van der Waals surface area contributed by atoms with Gasteiger partial charge in [0.2, 0.25) is 0 Å². The molecule has 0 radical (unpaired) electrons. The largest absolute Gasteiger partial charge is 0.496 e. The molecule has 1 aliphatic heterocycles. The second-order valence-electron chi connectivity index (χ2n) is 8.01. The van der Waals surface area contributed by atoms with Gasteiger partial charge in [-0.2, -0.15) is 5.10 Å². The molecule has 32 heavy (non-hydrogen) atoms. The molecule has 8 nitrogen and oxygen atoms in total. The number of aliphatic hydroxyl groups excluding tert-OH is 1. The summed E-state index contributed by atoms with van der Waals surface area (Å²) in [5.74, 6) is 3.73. The van der Waals surface area contributed by atoms with Crippen LogP contribution < -0.4 is 19.9 Å². The van der Waals surface area contributed by atoms with E-state index < -0.39 is 6.10 Å². The maximum absolute atomic E-state index is 10.2. The monoisotopic (exact) mass is 458 g/mol. The first kappa shape index (κ1) is 22.4. The highest BCUT2D eigenvalue weighted by Crippen LogP contribution is 2.36. The third-order valence-corrected chi connectivity index (χ3v) is 5.93. The predicted octanol–water partition coefficient (Wildman–Crippen LogP) is 2.63. The number of methoxy groups -OCH3 is 1. The number of aromatic nitrogens is 3. The van der Waals surface area contributed by atoms with Crippen LogP contribution in [0.15, 0.2) is 42.5 Å². The Labute approximate surface area is 192 Å². The molecule has 0 unspecified atom stereocenters. The van der Waals surface area contributed by atoms with E-state index in [1.54, 1.807) is 7.11 Å². The third kappa shape index (κ3) is 4.26. The van der Waals surface area contributed by atoms with Crippen LogP contribution in [0.4, 0.5) is 0 Å². The summed E-state index contributed by atoms with van der Waals surface area (Å²) in [6.07, 6.45) is 1.24. The van der Waals surface area contributed by atoms with E-state index in [0.717, 1.165) is 28.6 Å². The Morgan fingerprint density at radius 2 is 1.91 bits per heavy atom. The van der Waals surface area contributed by atoms with Crippen molar-refractivity contribution in [2.24, 2.45) is 5.73 Å². The molecule has 1 aliphatic carbocycles. The Morgan fingerprint density at radius 1 is 1.12 bits per heavy atom. The van der Waals surface area contributed by atoms with Gasteiger partial charge in [-0.05, 0) is 31.0 Å². The Balaban J connectivity index is 0.00000245. The molecule has 170 valence electrons. The van der Waals surface area contributed by atoms with Crippen molar-refractivity contribution in [2.75, 3.05) is 20.3 Å². The predicted molar refractivity (Wildman–Crippen MR) is 121 cm³/mol. The molecule has 1 saturated carbocycles. The van der Waals surface area contributed by atoms with Crippen molar-refractivity contribution in [2.45, 2.75) is 37.3 Å². The molecule has 2 aliphatic rings. The first-order valence-electron chi connectivity index (χ1n) is 10.5. The summed E-state index contributed by atoms with van der Waals surface area (Å²) in [4.78, 5) is 4.88. The van der Waals surface area contributed by atoms with E-state index in [-0.39, 0.29) is 24.4 Å². The van der Waals surface area contributed by atoms with Crippen LogP contribution in [0.3, 0.4) is 0 Å². The highest BCUT2D eigenvalue weighted by molar-refractivity contribution is 5.85. The smallest absolute Gasteiger partial charge is 0.163 e. The van der Waals surface area contributed by atoms with Crippen LogP contribution in [-0.4, -0.2) is 52.3 Å². The van der Waals surface area contributed by atoms with E-state index in [1.165, 1.54) is 0 Å². The van der Waals surface area contributed by atoms with Gasteiger partial charge in [-0.3, -0.25) is 0 Å². The van der Waals surface area contributed by atoms with E-state index in [4.69, 9.17) is 30.0 Å². The zero-order valence-corrected chi connectivity index (χ0v) is 18.6. The molecule has 2 aromatic carbocycles. The number of benzene rings is 2. The zero-order valence-electron chi connectivity index (χ0n) is 17.8. The standard InChI is InChI=1S/C23H26N4O4.ClH/c1-29-19-5-3-2-4-14(19)12-22-25-23(15-10-17(24)18(28)11-15)27(26-22)16-6-7-20-21(13-16)31-9-8-30-20;/h2-7,13,15,17-18,28H,8-12,24H2,1H3;1H/t15-,17+,18+;/m0./s1. The molecule has 0 amide bonds. The van der Waals surface area contributed by atoms with Gasteiger partial charge in [-0.1, -0.05) is 18.2 Å². The van der Waals surface area contributed by atoms with Gasteiger partial charge in [-0.15, -0.1) is 12.4 Å². The number of fused-ring (bicyclic) bond motifs is 1. The molecule has 3 atom stereocenters. The normalized spacial score (nSPS) is 21.8. The molecule has 3 aromatic rings. The van der Waals surface area contributed by atoms with Gasteiger partial charge in [0.15, 0.2) is 17.3 Å².